The molecular weight excluding hydrogens is 545 g/mol. The molecule has 2 aromatic carbocycles. The second-order valence-corrected chi connectivity index (χ2v) is 14.4. The normalized spacial score (nSPS) is 26.8. The molecule has 1 amide bonds. The molecule has 0 bridgehead atoms. The highest BCUT2D eigenvalue weighted by molar-refractivity contribution is 7.92. The van der Waals surface area contributed by atoms with E-state index in [4.69, 9.17) is 23.2 Å². The molecule has 3 fully saturated rings. The monoisotopic (exact) mass is 577 g/mol. The molecule has 204 valence electrons. The van der Waals surface area contributed by atoms with Gasteiger partial charge in [-0.2, -0.15) is 0 Å². The predicted molar refractivity (Wildman–Crippen MR) is 148 cm³/mol. The van der Waals surface area contributed by atoms with E-state index in [2.05, 4.69) is 0 Å². The Balaban J connectivity index is 1.70. The minimum Gasteiger partial charge on any atom is -0.481 e. The number of benzene rings is 2. The zero-order chi connectivity index (χ0) is 27.2. The number of hydrogen-bond donors (Lipinski definition) is 1. The van der Waals surface area contributed by atoms with Gasteiger partial charge in [0.1, 0.15) is 0 Å². The smallest absolute Gasteiger partial charge is 0.304 e. The summed E-state index contributed by atoms with van der Waals surface area (Å²) in [4.78, 5) is 28.5. The van der Waals surface area contributed by atoms with Gasteiger partial charge >= 0.3 is 5.97 Å². The van der Waals surface area contributed by atoms with Crippen molar-refractivity contribution in [1.82, 2.24) is 4.90 Å². The number of carboxylic acid groups (broad SMARTS) is 1. The topological polar surface area (TPSA) is 91.8 Å². The van der Waals surface area contributed by atoms with Crippen LogP contribution in [0.2, 0.25) is 10.0 Å². The van der Waals surface area contributed by atoms with E-state index in [1.165, 1.54) is 0 Å². The molecule has 9 heteroatoms. The standard InChI is InChI=1S/C29H33Cl2NO5S/c1-2-29(16-26(33)34)15-24(20-4-3-5-22(31)14-20)27(19-8-10-21(30)11-9-19)32(28(29)35)25(18-6-7-18)17-38(36,37)23-12-13-23/h3-5,8-11,14,18,23-25,27H,2,6-7,12-13,15-17H2,1H3,(H,33,34)/t24-,25?,27-,29-/m1/s1. The molecule has 0 aromatic heterocycles. The predicted octanol–water partition coefficient (Wildman–Crippen LogP) is 6.28. The van der Waals surface area contributed by atoms with Gasteiger partial charge in [-0.25, -0.2) is 8.42 Å². The zero-order valence-electron chi connectivity index (χ0n) is 21.4. The van der Waals surface area contributed by atoms with Gasteiger partial charge in [0.05, 0.1) is 28.9 Å². The number of piperidine rings is 1. The average Bonchev–Trinajstić information content (AvgIpc) is 3.76. The van der Waals surface area contributed by atoms with Gasteiger partial charge < -0.3 is 10.0 Å². The summed E-state index contributed by atoms with van der Waals surface area (Å²) >= 11 is 12.6. The number of rotatable bonds is 10. The molecule has 0 radical (unpaired) electrons. The van der Waals surface area contributed by atoms with E-state index >= 15 is 0 Å². The number of carboxylic acids is 1. The van der Waals surface area contributed by atoms with Gasteiger partial charge in [-0.1, -0.05) is 54.4 Å². The van der Waals surface area contributed by atoms with E-state index in [1.807, 2.05) is 37.3 Å². The summed E-state index contributed by atoms with van der Waals surface area (Å²) in [5.74, 6) is -1.60. The Morgan fingerprint density at radius 2 is 1.74 bits per heavy atom. The first-order valence-corrected chi connectivity index (χ1v) is 15.8. The number of amides is 1. The number of aliphatic carboxylic acids is 1. The lowest BCUT2D eigenvalue weighted by Gasteiger charge is -2.53. The van der Waals surface area contributed by atoms with Crippen molar-refractivity contribution in [2.45, 2.75) is 75.1 Å². The number of carbonyl (C=O) groups excluding carboxylic acids is 1. The molecular formula is C29H33Cl2NO5S. The minimum absolute atomic E-state index is 0.0692. The Labute approximate surface area is 234 Å². The third-order valence-electron chi connectivity index (χ3n) is 8.59. The molecule has 5 rings (SSSR count). The fraction of sp³-hybridized carbons (Fsp3) is 0.517. The molecule has 6 nitrogen and oxygen atoms in total. The maximum atomic E-state index is 14.6. The van der Waals surface area contributed by atoms with Crippen molar-refractivity contribution in [2.24, 2.45) is 11.3 Å². The second-order valence-electron chi connectivity index (χ2n) is 11.2. The summed E-state index contributed by atoms with van der Waals surface area (Å²) in [6, 6.07) is 13.8. The summed E-state index contributed by atoms with van der Waals surface area (Å²) in [5.41, 5.74) is 0.595. The van der Waals surface area contributed by atoms with Gasteiger partial charge in [0.15, 0.2) is 9.84 Å². The van der Waals surface area contributed by atoms with Crippen molar-refractivity contribution >= 4 is 44.9 Å². The molecule has 3 aliphatic rings. The number of nitrogens with zero attached hydrogens (tertiary/aromatic N) is 1. The SMILES string of the molecule is CC[C@]1(CC(=O)O)C[C@H](c2cccc(Cl)c2)[C@@H](c2ccc(Cl)cc2)N(C(CS(=O)(=O)C2CC2)C2CC2)C1=O. The summed E-state index contributed by atoms with van der Waals surface area (Å²) in [7, 11) is -3.38. The van der Waals surface area contributed by atoms with E-state index < -0.39 is 33.3 Å². The summed E-state index contributed by atoms with van der Waals surface area (Å²) in [6.07, 6.45) is 3.38. The maximum absolute atomic E-state index is 14.6. The van der Waals surface area contributed by atoms with Crippen LogP contribution in [0.1, 0.15) is 75.0 Å². The lowest BCUT2D eigenvalue weighted by Crippen LogP contribution is -2.59. The molecule has 1 heterocycles. The Kier molecular flexibility index (Phi) is 7.57. The van der Waals surface area contributed by atoms with E-state index in [0.29, 0.717) is 35.7 Å². The first-order valence-electron chi connectivity index (χ1n) is 13.3. The lowest BCUT2D eigenvalue weighted by atomic mass is 9.65. The van der Waals surface area contributed by atoms with Crippen molar-refractivity contribution in [3.8, 4) is 0 Å². The van der Waals surface area contributed by atoms with Crippen LogP contribution in [0.25, 0.3) is 0 Å². The highest BCUT2D eigenvalue weighted by atomic mass is 35.5. The van der Waals surface area contributed by atoms with Gasteiger partial charge in [0.25, 0.3) is 0 Å². The third kappa shape index (κ3) is 5.47. The first-order chi connectivity index (χ1) is 18.0. The molecule has 2 saturated carbocycles. The summed E-state index contributed by atoms with van der Waals surface area (Å²) in [5, 5.41) is 10.7. The van der Waals surface area contributed by atoms with Crippen molar-refractivity contribution in [3.05, 3.63) is 69.7 Å². The molecule has 1 saturated heterocycles. The van der Waals surface area contributed by atoms with Gasteiger partial charge in [-0.05, 0) is 79.8 Å². The molecule has 38 heavy (non-hydrogen) atoms. The first kappa shape index (κ1) is 27.5. The Morgan fingerprint density at radius 3 is 2.29 bits per heavy atom. The fourth-order valence-corrected chi connectivity index (χ4v) is 8.60. The number of carbonyl (C=O) groups is 2. The highest BCUT2D eigenvalue weighted by Gasteiger charge is 2.56. The van der Waals surface area contributed by atoms with Crippen LogP contribution >= 0.6 is 23.2 Å². The average molecular weight is 579 g/mol. The van der Waals surface area contributed by atoms with Crippen LogP contribution in [0, 0.1) is 11.3 Å². The van der Waals surface area contributed by atoms with E-state index in [1.54, 1.807) is 23.1 Å². The van der Waals surface area contributed by atoms with Crippen LogP contribution in [0.15, 0.2) is 48.5 Å². The summed E-state index contributed by atoms with van der Waals surface area (Å²) < 4.78 is 26.6. The van der Waals surface area contributed by atoms with Crippen molar-refractivity contribution in [3.63, 3.8) is 0 Å². The summed E-state index contributed by atoms with van der Waals surface area (Å²) in [6.45, 7) is 1.85. The van der Waals surface area contributed by atoms with Crippen molar-refractivity contribution in [1.29, 1.82) is 0 Å². The van der Waals surface area contributed by atoms with Crippen LogP contribution in [-0.2, 0) is 19.4 Å². The van der Waals surface area contributed by atoms with E-state index in [-0.39, 0.29) is 35.2 Å². The molecule has 4 atom stereocenters. The molecule has 2 aromatic rings. The largest absolute Gasteiger partial charge is 0.481 e. The third-order valence-corrected chi connectivity index (χ3v) is 11.4. The lowest BCUT2D eigenvalue weighted by molar-refractivity contribution is -0.162. The fourth-order valence-electron chi connectivity index (χ4n) is 6.24. The number of sulfone groups is 1. The van der Waals surface area contributed by atoms with Gasteiger partial charge in [0.2, 0.25) is 5.91 Å². The van der Waals surface area contributed by atoms with E-state index in [9.17, 15) is 23.1 Å². The van der Waals surface area contributed by atoms with Crippen LogP contribution in [0.5, 0.6) is 0 Å². The highest BCUT2D eigenvalue weighted by Crippen LogP contribution is 2.55. The van der Waals surface area contributed by atoms with Crippen LogP contribution < -0.4 is 0 Å². The van der Waals surface area contributed by atoms with Gasteiger partial charge in [0, 0.05) is 22.0 Å². The Hall–Kier alpha value is -2.09. The molecule has 1 aliphatic heterocycles. The number of hydrogen-bond acceptors (Lipinski definition) is 4. The number of halogens is 2. The molecule has 2 aliphatic carbocycles. The minimum atomic E-state index is -3.38. The van der Waals surface area contributed by atoms with E-state index in [0.717, 1.165) is 24.0 Å². The second kappa shape index (κ2) is 10.5. The van der Waals surface area contributed by atoms with Crippen LogP contribution in [0.4, 0.5) is 0 Å². The van der Waals surface area contributed by atoms with Crippen LogP contribution in [-0.4, -0.2) is 47.3 Å². The molecule has 1 N–H and O–H groups in total. The van der Waals surface area contributed by atoms with Gasteiger partial charge in [-0.15, -0.1) is 0 Å². The Morgan fingerprint density at radius 1 is 1.05 bits per heavy atom. The molecule has 1 unspecified atom stereocenters. The quantitative estimate of drug-likeness (QED) is 0.359. The number of likely N-dealkylation sites (tertiary alicyclic amines) is 1. The van der Waals surface area contributed by atoms with Crippen LogP contribution in [0.3, 0.4) is 0 Å². The zero-order valence-corrected chi connectivity index (χ0v) is 23.7. The van der Waals surface area contributed by atoms with Gasteiger partial charge in [-0.3, -0.25) is 9.59 Å². The van der Waals surface area contributed by atoms with Crippen molar-refractivity contribution in [2.75, 3.05) is 5.75 Å². The maximum Gasteiger partial charge on any atom is 0.304 e. The molecule has 0 spiro atoms. The van der Waals surface area contributed by atoms with Crippen molar-refractivity contribution < 1.29 is 23.1 Å². The Bertz CT molecular complexity index is 1320.